The number of hydrogen-bond donors (Lipinski definition) is 1. The molecule has 0 aliphatic rings. The predicted octanol–water partition coefficient (Wildman–Crippen LogP) is 0.647. The largest absolute Gasteiger partial charge is 0.481 e. The number of carboxylic acids is 1. The van der Waals surface area contributed by atoms with E-state index < -0.39 is 16.2 Å². The minimum atomic E-state index is -3.85. The molecule has 0 spiro atoms. The van der Waals surface area contributed by atoms with E-state index in [0.29, 0.717) is 5.76 Å². The van der Waals surface area contributed by atoms with Gasteiger partial charge in [0.15, 0.2) is 0 Å². The maximum absolute atomic E-state index is 12.4. The monoisotopic (exact) mass is 315 g/mol. The van der Waals surface area contributed by atoms with E-state index in [2.05, 4.69) is 0 Å². The lowest BCUT2D eigenvalue weighted by atomic mass is 10.4. The average molecular weight is 315 g/mol. The molecular formula is C12H17N3O5S. The van der Waals surface area contributed by atoms with Crippen LogP contribution in [-0.2, 0) is 21.5 Å². The second-order valence-electron chi connectivity index (χ2n) is 4.29. The van der Waals surface area contributed by atoms with Crippen LogP contribution in [0.5, 0.6) is 0 Å². The number of rotatable bonds is 9. The van der Waals surface area contributed by atoms with E-state index in [1.54, 1.807) is 12.1 Å². The maximum atomic E-state index is 12.4. The van der Waals surface area contributed by atoms with Crippen molar-refractivity contribution in [1.29, 1.82) is 5.26 Å². The van der Waals surface area contributed by atoms with Crippen molar-refractivity contribution in [2.24, 2.45) is 0 Å². The van der Waals surface area contributed by atoms with Gasteiger partial charge in [-0.3, -0.25) is 4.79 Å². The quantitative estimate of drug-likeness (QED) is 0.715. The van der Waals surface area contributed by atoms with Crippen molar-refractivity contribution in [3.63, 3.8) is 0 Å². The van der Waals surface area contributed by atoms with Crippen molar-refractivity contribution >= 4 is 16.2 Å². The van der Waals surface area contributed by atoms with Crippen LogP contribution >= 0.6 is 0 Å². The fraction of sp³-hybridized carbons (Fsp3) is 0.500. The summed E-state index contributed by atoms with van der Waals surface area (Å²) in [5, 5.41) is 17.3. The third-order valence-corrected chi connectivity index (χ3v) is 4.68. The molecular weight excluding hydrogens is 298 g/mol. The second kappa shape index (κ2) is 7.78. The molecule has 1 aromatic rings. The Labute approximate surface area is 123 Å². The first-order valence-corrected chi connectivity index (χ1v) is 7.60. The molecule has 0 aromatic carbocycles. The average Bonchev–Trinajstić information content (AvgIpc) is 2.93. The van der Waals surface area contributed by atoms with Crippen molar-refractivity contribution in [1.82, 2.24) is 8.61 Å². The predicted molar refractivity (Wildman–Crippen MR) is 73.2 cm³/mol. The van der Waals surface area contributed by atoms with Crippen LogP contribution in [0.4, 0.5) is 0 Å². The van der Waals surface area contributed by atoms with Crippen LogP contribution in [0, 0.1) is 11.3 Å². The highest BCUT2D eigenvalue weighted by molar-refractivity contribution is 7.86. The SMILES string of the molecule is CN(CCC(=O)O)S(=O)(=O)N(CCC#N)Cc1ccco1. The number of nitriles is 1. The minimum absolute atomic E-state index is 0.00553. The highest BCUT2D eigenvalue weighted by Gasteiger charge is 2.27. The van der Waals surface area contributed by atoms with Crippen LogP contribution in [-0.4, -0.2) is 48.2 Å². The molecule has 0 atom stereocenters. The Balaban J connectivity index is 2.84. The molecule has 0 bridgehead atoms. The van der Waals surface area contributed by atoms with Gasteiger partial charge in [0, 0.05) is 26.6 Å². The Morgan fingerprint density at radius 1 is 1.48 bits per heavy atom. The standard InChI is InChI=1S/C12H17N3O5S/c1-14(8-5-12(16)17)21(18,19)15(7-3-6-13)10-11-4-2-9-20-11/h2,4,9H,3,5,7-8,10H2,1H3,(H,16,17). The molecule has 1 rings (SSSR count). The minimum Gasteiger partial charge on any atom is -0.481 e. The van der Waals surface area contributed by atoms with Gasteiger partial charge < -0.3 is 9.52 Å². The van der Waals surface area contributed by atoms with E-state index in [0.717, 1.165) is 8.61 Å². The van der Waals surface area contributed by atoms with E-state index in [-0.39, 0.29) is 32.5 Å². The van der Waals surface area contributed by atoms with Gasteiger partial charge in [-0.05, 0) is 12.1 Å². The van der Waals surface area contributed by atoms with Gasteiger partial charge in [-0.1, -0.05) is 0 Å². The summed E-state index contributed by atoms with van der Waals surface area (Å²) >= 11 is 0. The molecule has 0 amide bonds. The lowest BCUT2D eigenvalue weighted by Gasteiger charge is -2.26. The Morgan fingerprint density at radius 3 is 2.71 bits per heavy atom. The summed E-state index contributed by atoms with van der Waals surface area (Å²) in [5.74, 6) is -0.630. The number of aliphatic carboxylic acids is 1. The summed E-state index contributed by atoms with van der Waals surface area (Å²) in [6.45, 7) is -0.135. The molecule has 8 nitrogen and oxygen atoms in total. The van der Waals surface area contributed by atoms with E-state index in [1.807, 2.05) is 6.07 Å². The molecule has 0 aliphatic heterocycles. The molecule has 116 valence electrons. The Morgan fingerprint density at radius 2 is 2.19 bits per heavy atom. The number of furan rings is 1. The first kappa shape index (κ1) is 17.2. The van der Waals surface area contributed by atoms with Gasteiger partial charge in [-0.15, -0.1) is 0 Å². The molecule has 0 saturated carbocycles. The summed E-state index contributed by atoms with van der Waals surface area (Å²) in [6, 6.07) is 5.16. The Hall–Kier alpha value is -1.89. The van der Waals surface area contributed by atoms with E-state index in [9.17, 15) is 13.2 Å². The van der Waals surface area contributed by atoms with Crippen molar-refractivity contribution in [3.8, 4) is 6.07 Å². The lowest BCUT2D eigenvalue weighted by Crippen LogP contribution is -2.42. The number of carbonyl (C=O) groups is 1. The van der Waals surface area contributed by atoms with Crippen LogP contribution in [0.2, 0.25) is 0 Å². The fourth-order valence-electron chi connectivity index (χ4n) is 1.59. The first-order chi connectivity index (χ1) is 9.87. The summed E-state index contributed by atoms with van der Waals surface area (Å²) in [4.78, 5) is 10.5. The molecule has 0 saturated heterocycles. The van der Waals surface area contributed by atoms with Gasteiger partial charge >= 0.3 is 5.97 Å². The topological polar surface area (TPSA) is 115 Å². The van der Waals surface area contributed by atoms with E-state index in [4.69, 9.17) is 14.8 Å². The number of hydrogen-bond acceptors (Lipinski definition) is 5. The fourth-order valence-corrected chi connectivity index (χ4v) is 2.92. The van der Waals surface area contributed by atoms with Crippen molar-refractivity contribution < 1.29 is 22.7 Å². The molecule has 0 fully saturated rings. The number of nitrogens with zero attached hydrogens (tertiary/aromatic N) is 3. The van der Waals surface area contributed by atoms with Crippen LogP contribution in [0.1, 0.15) is 18.6 Å². The molecule has 1 N–H and O–H groups in total. The van der Waals surface area contributed by atoms with Crippen LogP contribution < -0.4 is 0 Å². The van der Waals surface area contributed by atoms with Gasteiger partial charge in [-0.2, -0.15) is 22.3 Å². The zero-order valence-corrected chi connectivity index (χ0v) is 12.4. The van der Waals surface area contributed by atoms with Gasteiger partial charge in [0.1, 0.15) is 5.76 Å². The summed E-state index contributed by atoms with van der Waals surface area (Å²) in [7, 11) is -2.55. The number of carboxylic acid groups (broad SMARTS) is 1. The first-order valence-electron chi connectivity index (χ1n) is 6.20. The summed E-state index contributed by atoms with van der Waals surface area (Å²) in [6.07, 6.45) is 1.17. The molecule has 9 heteroatoms. The third kappa shape index (κ3) is 5.18. The lowest BCUT2D eigenvalue weighted by molar-refractivity contribution is -0.137. The Kier molecular flexibility index (Phi) is 6.36. The molecule has 0 radical (unpaired) electrons. The molecule has 21 heavy (non-hydrogen) atoms. The second-order valence-corrected chi connectivity index (χ2v) is 6.33. The van der Waals surface area contributed by atoms with Crippen molar-refractivity contribution in [3.05, 3.63) is 24.2 Å². The highest BCUT2D eigenvalue weighted by atomic mass is 32.2. The highest BCUT2D eigenvalue weighted by Crippen LogP contribution is 2.13. The molecule has 1 aromatic heterocycles. The van der Waals surface area contributed by atoms with Crippen LogP contribution in [0.15, 0.2) is 22.8 Å². The van der Waals surface area contributed by atoms with Crippen LogP contribution in [0.3, 0.4) is 0 Å². The maximum Gasteiger partial charge on any atom is 0.304 e. The summed E-state index contributed by atoms with van der Waals surface area (Å²) in [5.41, 5.74) is 0. The van der Waals surface area contributed by atoms with Gasteiger partial charge in [0.25, 0.3) is 10.2 Å². The van der Waals surface area contributed by atoms with Crippen molar-refractivity contribution in [2.45, 2.75) is 19.4 Å². The molecule has 1 heterocycles. The van der Waals surface area contributed by atoms with Crippen molar-refractivity contribution in [2.75, 3.05) is 20.1 Å². The van der Waals surface area contributed by atoms with Crippen LogP contribution in [0.25, 0.3) is 0 Å². The zero-order chi connectivity index (χ0) is 15.9. The smallest absolute Gasteiger partial charge is 0.304 e. The molecule has 0 aliphatic carbocycles. The third-order valence-electron chi connectivity index (χ3n) is 2.75. The Bertz CT molecular complexity index is 591. The summed E-state index contributed by atoms with van der Waals surface area (Å²) < 4.78 is 31.9. The van der Waals surface area contributed by atoms with Gasteiger partial charge in [-0.25, -0.2) is 0 Å². The van der Waals surface area contributed by atoms with E-state index in [1.165, 1.54) is 13.3 Å². The van der Waals surface area contributed by atoms with Gasteiger partial charge in [0.2, 0.25) is 0 Å². The molecule has 0 unspecified atom stereocenters. The van der Waals surface area contributed by atoms with E-state index >= 15 is 0 Å². The van der Waals surface area contributed by atoms with Gasteiger partial charge in [0.05, 0.1) is 25.3 Å². The zero-order valence-electron chi connectivity index (χ0n) is 11.6. The normalized spacial score (nSPS) is 11.7.